The van der Waals surface area contributed by atoms with Crippen LogP contribution in [0.3, 0.4) is 0 Å². The van der Waals surface area contributed by atoms with Crippen LogP contribution in [0.5, 0.6) is 0 Å². The molecule has 0 saturated heterocycles. The Morgan fingerprint density at radius 1 is 1.15 bits per heavy atom. The molecule has 0 spiro atoms. The van der Waals surface area contributed by atoms with E-state index in [9.17, 15) is 4.79 Å². The van der Waals surface area contributed by atoms with Crippen molar-refractivity contribution in [1.29, 1.82) is 0 Å². The monoisotopic (exact) mass is 366 g/mol. The number of anilines is 1. The van der Waals surface area contributed by atoms with Crippen LogP contribution in [0, 0.1) is 0 Å². The summed E-state index contributed by atoms with van der Waals surface area (Å²) >= 11 is 1.37. The van der Waals surface area contributed by atoms with Crippen molar-refractivity contribution in [2.75, 3.05) is 11.1 Å². The molecule has 1 amide bonds. The van der Waals surface area contributed by atoms with Gasteiger partial charge in [-0.3, -0.25) is 9.36 Å². The minimum absolute atomic E-state index is 0.0478. The molecule has 0 aliphatic heterocycles. The number of nitrogens with one attached hydrogen (secondary N) is 1. The maximum atomic E-state index is 12.4. The van der Waals surface area contributed by atoms with Crippen molar-refractivity contribution in [3.05, 3.63) is 66.5 Å². The summed E-state index contributed by atoms with van der Waals surface area (Å²) in [4.78, 5) is 12.4. The van der Waals surface area contributed by atoms with Crippen molar-refractivity contribution < 1.29 is 4.79 Å². The van der Waals surface area contributed by atoms with Gasteiger partial charge < -0.3 is 5.32 Å². The maximum absolute atomic E-state index is 12.4. The van der Waals surface area contributed by atoms with E-state index >= 15 is 0 Å². The second kappa shape index (κ2) is 8.67. The molecule has 2 aromatic carbocycles. The first kappa shape index (κ1) is 18.2. The normalized spacial score (nSPS) is 11.9. The highest BCUT2D eigenvalue weighted by molar-refractivity contribution is 7.99. The Morgan fingerprint density at radius 3 is 2.65 bits per heavy atom. The number of hydrogen-bond donors (Lipinski definition) is 1. The van der Waals surface area contributed by atoms with Crippen LogP contribution < -0.4 is 5.32 Å². The molecular formula is C20H22N4OS. The fourth-order valence-corrected chi connectivity index (χ4v) is 3.39. The van der Waals surface area contributed by atoms with Gasteiger partial charge in [0.25, 0.3) is 0 Å². The molecule has 26 heavy (non-hydrogen) atoms. The highest BCUT2D eigenvalue weighted by Crippen LogP contribution is 2.27. The van der Waals surface area contributed by atoms with Crippen molar-refractivity contribution >= 4 is 23.4 Å². The fraction of sp³-hybridized carbons (Fsp3) is 0.250. The molecule has 1 N–H and O–H groups in total. The zero-order valence-electron chi connectivity index (χ0n) is 14.9. The van der Waals surface area contributed by atoms with E-state index in [0.717, 1.165) is 17.8 Å². The molecule has 3 aromatic rings. The molecule has 1 atom stereocenters. The van der Waals surface area contributed by atoms with Crippen molar-refractivity contribution in [3.8, 4) is 5.69 Å². The number of amides is 1. The number of para-hydroxylation sites is 2. The van der Waals surface area contributed by atoms with Crippen LogP contribution in [0.15, 0.2) is 66.1 Å². The number of rotatable bonds is 7. The van der Waals surface area contributed by atoms with E-state index in [1.54, 1.807) is 6.33 Å². The van der Waals surface area contributed by atoms with Gasteiger partial charge in [0, 0.05) is 11.4 Å². The number of thioether (sulfide) groups is 1. The highest BCUT2D eigenvalue weighted by Gasteiger charge is 2.13. The molecule has 0 aliphatic carbocycles. The van der Waals surface area contributed by atoms with E-state index in [1.165, 1.54) is 17.3 Å². The molecule has 6 heteroatoms. The van der Waals surface area contributed by atoms with Gasteiger partial charge in [-0.1, -0.05) is 62.0 Å². The van der Waals surface area contributed by atoms with Crippen molar-refractivity contribution in [1.82, 2.24) is 14.8 Å². The van der Waals surface area contributed by atoms with E-state index in [1.807, 2.05) is 53.1 Å². The topological polar surface area (TPSA) is 59.8 Å². The summed E-state index contributed by atoms with van der Waals surface area (Å²) in [5, 5.41) is 11.8. The first-order valence-corrected chi connectivity index (χ1v) is 9.64. The van der Waals surface area contributed by atoms with E-state index in [0.29, 0.717) is 11.1 Å². The van der Waals surface area contributed by atoms with Gasteiger partial charge >= 0.3 is 0 Å². The zero-order valence-corrected chi connectivity index (χ0v) is 15.7. The number of nitrogens with zero attached hydrogens (tertiary/aromatic N) is 3. The van der Waals surface area contributed by atoms with Crippen LogP contribution in [0.25, 0.3) is 5.69 Å². The minimum Gasteiger partial charge on any atom is -0.325 e. The lowest BCUT2D eigenvalue weighted by Gasteiger charge is -2.15. The van der Waals surface area contributed by atoms with Crippen LogP contribution in [-0.4, -0.2) is 26.4 Å². The molecule has 3 rings (SSSR count). The fourth-order valence-electron chi connectivity index (χ4n) is 2.67. The van der Waals surface area contributed by atoms with Gasteiger partial charge in [0.15, 0.2) is 5.16 Å². The second-order valence-corrected chi connectivity index (χ2v) is 6.99. The van der Waals surface area contributed by atoms with Crippen LogP contribution in [0.1, 0.15) is 31.7 Å². The summed E-state index contributed by atoms with van der Waals surface area (Å²) in [5.41, 5.74) is 3.03. The number of aromatic nitrogens is 3. The second-order valence-electron chi connectivity index (χ2n) is 6.05. The largest absolute Gasteiger partial charge is 0.325 e. The maximum Gasteiger partial charge on any atom is 0.234 e. The van der Waals surface area contributed by atoms with Crippen molar-refractivity contribution in [2.45, 2.75) is 31.3 Å². The highest BCUT2D eigenvalue weighted by atomic mass is 32.2. The Hall–Kier alpha value is -2.60. The van der Waals surface area contributed by atoms with Gasteiger partial charge in [-0.15, -0.1) is 10.2 Å². The zero-order chi connectivity index (χ0) is 18.4. The van der Waals surface area contributed by atoms with Crippen LogP contribution >= 0.6 is 11.8 Å². The Morgan fingerprint density at radius 2 is 1.88 bits per heavy atom. The molecule has 0 fully saturated rings. The van der Waals surface area contributed by atoms with Gasteiger partial charge in [-0.25, -0.2) is 0 Å². The molecule has 1 heterocycles. The van der Waals surface area contributed by atoms with E-state index in [-0.39, 0.29) is 11.7 Å². The number of benzene rings is 2. The summed E-state index contributed by atoms with van der Waals surface area (Å²) in [6, 6.07) is 17.8. The number of carbonyl (C=O) groups excluding carboxylic acids is 1. The predicted octanol–water partition coefficient (Wildman–Crippen LogP) is 4.51. The van der Waals surface area contributed by atoms with Gasteiger partial charge in [-0.2, -0.15) is 0 Å². The van der Waals surface area contributed by atoms with Gasteiger partial charge in [0.1, 0.15) is 6.33 Å². The Bertz CT molecular complexity index is 863. The predicted molar refractivity (Wildman–Crippen MR) is 106 cm³/mol. The van der Waals surface area contributed by atoms with Gasteiger partial charge in [-0.05, 0) is 36.1 Å². The molecular weight excluding hydrogens is 344 g/mol. The Kier molecular flexibility index (Phi) is 6.07. The van der Waals surface area contributed by atoms with E-state index < -0.39 is 0 Å². The lowest BCUT2D eigenvalue weighted by atomic mass is 9.97. The lowest BCUT2D eigenvalue weighted by molar-refractivity contribution is -0.113. The molecule has 134 valence electrons. The van der Waals surface area contributed by atoms with Crippen LogP contribution in [0.4, 0.5) is 5.69 Å². The molecule has 0 unspecified atom stereocenters. The third-order valence-electron chi connectivity index (χ3n) is 4.26. The van der Waals surface area contributed by atoms with Crippen molar-refractivity contribution in [2.24, 2.45) is 0 Å². The standard InChI is InChI=1S/C20H22N4OS/c1-3-15(2)17-11-7-8-12-18(17)22-19(25)13-26-20-23-21-14-24(20)16-9-5-4-6-10-16/h4-12,14-15H,3,13H2,1-2H3,(H,22,25)/t15-/m1/s1. The molecule has 0 saturated carbocycles. The molecule has 0 bridgehead atoms. The Labute approximate surface area is 157 Å². The smallest absolute Gasteiger partial charge is 0.234 e. The van der Waals surface area contributed by atoms with Crippen LogP contribution in [-0.2, 0) is 4.79 Å². The quantitative estimate of drug-likeness (QED) is 0.625. The van der Waals surface area contributed by atoms with E-state index in [2.05, 4.69) is 35.4 Å². The third-order valence-corrected chi connectivity index (χ3v) is 5.20. The number of carbonyl (C=O) groups is 1. The van der Waals surface area contributed by atoms with Gasteiger partial charge in [0.2, 0.25) is 5.91 Å². The minimum atomic E-state index is -0.0478. The van der Waals surface area contributed by atoms with E-state index in [4.69, 9.17) is 0 Å². The Balaban J connectivity index is 1.65. The SMILES string of the molecule is CC[C@@H](C)c1ccccc1NC(=O)CSc1nncn1-c1ccccc1. The summed E-state index contributed by atoms with van der Waals surface area (Å²) in [6.07, 6.45) is 2.69. The lowest BCUT2D eigenvalue weighted by Crippen LogP contribution is -2.16. The molecule has 0 radical (unpaired) electrons. The summed E-state index contributed by atoms with van der Waals surface area (Å²) in [6.45, 7) is 4.32. The average Bonchev–Trinajstić information content (AvgIpc) is 3.15. The first-order valence-electron chi connectivity index (χ1n) is 8.66. The van der Waals surface area contributed by atoms with Crippen molar-refractivity contribution in [3.63, 3.8) is 0 Å². The number of hydrogen-bond acceptors (Lipinski definition) is 4. The third kappa shape index (κ3) is 4.32. The molecule has 5 nitrogen and oxygen atoms in total. The summed E-state index contributed by atoms with van der Waals surface area (Å²) in [5.74, 6) is 0.633. The van der Waals surface area contributed by atoms with Crippen LogP contribution in [0.2, 0.25) is 0 Å². The van der Waals surface area contributed by atoms with Gasteiger partial charge in [0.05, 0.1) is 5.75 Å². The molecule has 1 aromatic heterocycles. The summed E-state index contributed by atoms with van der Waals surface area (Å²) in [7, 11) is 0. The molecule has 0 aliphatic rings. The first-order chi connectivity index (χ1) is 12.7. The average molecular weight is 366 g/mol. The summed E-state index contributed by atoms with van der Waals surface area (Å²) < 4.78 is 1.88.